The summed E-state index contributed by atoms with van der Waals surface area (Å²) in [6, 6.07) is 0. The van der Waals surface area contributed by atoms with Crippen molar-refractivity contribution in [3.8, 4) is 0 Å². The molecule has 29 atom stereocenters. The van der Waals surface area contributed by atoms with E-state index in [0.29, 0.717) is 25.9 Å². The molecule has 22 heteroatoms. The van der Waals surface area contributed by atoms with E-state index in [9.17, 15) is 61.3 Å². The van der Waals surface area contributed by atoms with Gasteiger partial charge in [-0.3, -0.25) is 0 Å². The summed E-state index contributed by atoms with van der Waals surface area (Å²) < 4.78 is 64.2. The summed E-state index contributed by atoms with van der Waals surface area (Å²) >= 11 is 0. The lowest BCUT2D eigenvalue weighted by Gasteiger charge is -2.70. The zero-order valence-corrected chi connectivity index (χ0v) is 43.6. The van der Waals surface area contributed by atoms with Gasteiger partial charge >= 0.3 is 0 Å². The molecule has 424 valence electrons. The smallest absolute Gasteiger partial charge is 0.187 e. The van der Waals surface area contributed by atoms with E-state index >= 15 is 0 Å². The van der Waals surface area contributed by atoms with Gasteiger partial charge in [0.2, 0.25) is 0 Å². The molecule has 10 aliphatic rings. The molecule has 12 N–H and O–H groups in total. The van der Waals surface area contributed by atoms with Crippen molar-refractivity contribution < 1.29 is 109 Å². The fourth-order valence-corrected chi connectivity index (χ4v) is 17.1. The van der Waals surface area contributed by atoms with Gasteiger partial charge in [0.25, 0.3) is 0 Å². The molecule has 0 aromatic carbocycles. The Morgan fingerprint density at radius 2 is 1.20 bits per heavy atom. The Bertz CT molecular complexity index is 2030. The number of ether oxygens (including phenoxy) is 10. The van der Waals surface area contributed by atoms with Gasteiger partial charge in [-0.05, 0) is 93.3 Å². The van der Waals surface area contributed by atoms with E-state index in [-0.39, 0.29) is 52.6 Å². The number of aliphatic hydroxyl groups is 12. The van der Waals surface area contributed by atoms with Crippen LogP contribution in [-0.2, 0) is 47.4 Å². The van der Waals surface area contributed by atoms with Gasteiger partial charge in [-0.1, -0.05) is 39.3 Å². The maximum absolute atomic E-state index is 11.8. The number of rotatable bonds is 12. The topological polar surface area (TPSA) is 335 Å². The summed E-state index contributed by atoms with van der Waals surface area (Å²) in [4.78, 5) is 0. The van der Waals surface area contributed by atoms with Gasteiger partial charge < -0.3 is 109 Å². The van der Waals surface area contributed by atoms with E-state index in [2.05, 4.69) is 40.7 Å². The number of hydrogen-bond donors (Lipinski definition) is 12. The largest absolute Gasteiger partial charge is 0.394 e. The molecule has 2 bridgehead atoms. The third-order valence-electron chi connectivity index (χ3n) is 20.6. The first-order chi connectivity index (χ1) is 34.8. The minimum Gasteiger partial charge on any atom is -0.394 e. The first-order valence-electron chi connectivity index (χ1n) is 27.0. The summed E-state index contributed by atoms with van der Waals surface area (Å²) in [5.74, 6) is -0.746. The van der Waals surface area contributed by atoms with Gasteiger partial charge in [0.15, 0.2) is 30.9 Å². The van der Waals surface area contributed by atoms with Crippen LogP contribution in [0.2, 0.25) is 0 Å². The molecule has 0 radical (unpaired) electrons. The summed E-state index contributed by atoms with van der Waals surface area (Å²) in [6.07, 6.45) is -20.6. The van der Waals surface area contributed by atoms with E-state index in [4.69, 9.17) is 47.4 Å². The van der Waals surface area contributed by atoms with Crippen LogP contribution in [-0.4, -0.2) is 229 Å². The summed E-state index contributed by atoms with van der Waals surface area (Å²) in [5.41, 5.74) is -1.11. The number of fused-ring (bicyclic) bond motifs is 4. The van der Waals surface area contributed by atoms with Crippen LogP contribution < -0.4 is 0 Å². The van der Waals surface area contributed by atoms with Crippen LogP contribution in [0.25, 0.3) is 0 Å². The molecule has 12 unspecified atom stereocenters. The van der Waals surface area contributed by atoms with Crippen LogP contribution in [0.1, 0.15) is 99.8 Å². The lowest BCUT2D eigenvalue weighted by atomic mass is 9.35. The minimum absolute atomic E-state index is 0.0992. The molecule has 6 saturated heterocycles. The Labute approximate surface area is 431 Å². The van der Waals surface area contributed by atoms with Crippen LogP contribution in [0, 0.1) is 45.3 Å². The zero-order valence-electron chi connectivity index (χ0n) is 43.6. The predicted octanol–water partition coefficient (Wildman–Crippen LogP) is -1.57. The number of aliphatic hydroxyl groups excluding tert-OH is 12. The van der Waals surface area contributed by atoms with E-state index in [1.165, 1.54) is 0 Å². The van der Waals surface area contributed by atoms with Crippen molar-refractivity contribution in [3.05, 3.63) is 11.6 Å². The second kappa shape index (κ2) is 20.1. The van der Waals surface area contributed by atoms with Crippen LogP contribution in [0.4, 0.5) is 0 Å². The average molecular weight is 1060 g/mol. The van der Waals surface area contributed by atoms with Gasteiger partial charge in [-0.15, -0.1) is 0 Å². The first-order valence-corrected chi connectivity index (χ1v) is 27.0. The van der Waals surface area contributed by atoms with Crippen molar-refractivity contribution in [3.63, 3.8) is 0 Å². The Balaban J connectivity index is 0.927. The van der Waals surface area contributed by atoms with Crippen molar-refractivity contribution in [2.75, 3.05) is 33.0 Å². The number of allylic oxidation sites excluding steroid dienone is 1. The summed E-state index contributed by atoms with van der Waals surface area (Å²) in [7, 11) is 0. The van der Waals surface area contributed by atoms with Crippen molar-refractivity contribution in [1.82, 2.24) is 0 Å². The molecule has 4 saturated carbocycles. The molecule has 74 heavy (non-hydrogen) atoms. The third-order valence-corrected chi connectivity index (χ3v) is 20.6. The maximum Gasteiger partial charge on any atom is 0.187 e. The lowest BCUT2D eigenvalue weighted by Crippen LogP contribution is -2.69. The Morgan fingerprint density at radius 1 is 0.608 bits per heavy atom. The van der Waals surface area contributed by atoms with Gasteiger partial charge in [0, 0.05) is 24.2 Å². The Morgan fingerprint density at radius 3 is 1.85 bits per heavy atom. The molecular formula is C52H84O22. The second-order valence-electron chi connectivity index (χ2n) is 25.3. The Hall–Kier alpha value is -1.14. The highest BCUT2D eigenvalue weighted by Gasteiger charge is 2.81. The summed E-state index contributed by atoms with van der Waals surface area (Å²) in [6.45, 7) is 13.5. The van der Waals surface area contributed by atoms with Crippen LogP contribution in [0.15, 0.2) is 11.6 Å². The van der Waals surface area contributed by atoms with Gasteiger partial charge in [-0.25, -0.2) is 0 Å². The van der Waals surface area contributed by atoms with Gasteiger partial charge in [0.05, 0.1) is 50.8 Å². The van der Waals surface area contributed by atoms with Crippen LogP contribution in [0.3, 0.4) is 0 Å². The SMILES string of the molecule is CC(C)=CC1CC(C)(O[C@@H]2OC[C@H](O)[C@@H](O)C2O)C2C3CCC4[C@@]5(C)CC[C@H](O[C@@H]6OC(CO)[C@@H](O)[C@@H](O[C@@H]7OC(CO)[C@@H](O)[C@@H](O)C7O)C6O[C@@H]6O[C@@H](CO)[C@@H](O)C6O)C(C)(C)C5CC[C@@]4(C)[C@@]34CO[C@@]2(C4)O1. The highest BCUT2D eigenvalue weighted by Crippen LogP contribution is 2.80. The molecule has 10 fully saturated rings. The highest BCUT2D eigenvalue weighted by atomic mass is 16.8. The predicted molar refractivity (Wildman–Crippen MR) is 251 cm³/mol. The first kappa shape index (κ1) is 56.1. The molecule has 10 rings (SSSR count). The van der Waals surface area contributed by atoms with Gasteiger partial charge in [-0.2, -0.15) is 0 Å². The molecule has 6 aliphatic heterocycles. The molecular weight excluding hydrogens is 977 g/mol. The molecule has 0 aromatic rings. The van der Waals surface area contributed by atoms with E-state index in [1.807, 2.05) is 13.8 Å². The fourth-order valence-electron chi connectivity index (χ4n) is 17.1. The highest BCUT2D eigenvalue weighted by molar-refractivity contribution is 5.27. The van der Waals surface area contributed by atoms with Crippen molar-refractivity contribution >= 4 is 0 Å². The Kier molecular flexibility index (Phi) is 15.3. The standard InChI is InChI=1S/C52H84O22/c1-22(2)14-23-15-50(7,74-43-37(62)32(57)25(56)19-65-43)42-24-8-9-30-48(5)12-11-31(47(3,4)29(48)10-13-49(30,6)51(24)20-52(42,73-23)66-21-51)70-46-41(72-44-38(63)34(59)27(17-54)68-44)40(35(60)28(18-55)69-46)71-45-39(64)36(61)33(58)26(16-53)67-45/h14,23-46,53-64H,8-13,15-21H2,1-7H3/t23?,24?,25-,26?,27-,28?,29?,30?,31-,32+,33+,34+,35+,36+,37?,38?,39?,40+,41?,42?,43-,44-,45-,46-,48-,49+,50?,51-,52-/m0/s1. The normalized spacial score (nSPS) is 56.7. The third kappa shape index (κ3) is 8.66. The molecule has 4 aliphatic carbocycles. The summed E-state index contributed by atoms with van der Waals surface area (Å²) in [5, 5.41) is 128. The van der Waals surface area contributed by atoms with Crippen molar-refractivity contribution in [2.24, 2.45) is 45.3 Å². The average Bonchev–Trinajstić information content (AvgIpc) is 3.97. The van der Waals surface area contributed by atoms with Gasteiger partial charge in [0.1, 0.15) is 85.5 Å². The van der Waals surface area contributed by atoms with Crippen LogP contribution in [0.5, 0.6) is 0 Å². The lowest BCUT2D eigenvalue weighted by molar-refractivity contribution is -0.388. The second-order valence-corrected chi connectivity index (χ2v) is 25.3. The van der Waals surface area contributed by atoms with Crippen molar-refractivity contribution in [2.45, 2.75) is 234 Å². The maximum atomic E-state index is 11.8. The molecule has 2 spiro atoms. The zero-order chi connectivity index (χ0) is 53.4. The molecule has 0 amide bonds. The van der Waals surface area contributed by atoms with Crippen molar-refractivity contribution in [1.29, 1.82) is 0 Å². The molecule has 22 nitrogen and oxygen atoms in total. The fraction of sp³-hybridized carbons (Fsp3) is 0.962. The van der Waals surface area contributed by atoms with E-state index in [0.717, 1.165) is 37.7 Å². The van der Waals surface area contributed by atoms with Crippen LogP contribution >= 0.6 is 0 Å². The number of hydrogen-bond acceptors (Lipinski definition) is 22. The van der Waals surface area contributed by atoms with E-state index < -0.39 is 153 Å². The monoisotopic (exact) mass is 1060 g/mol. The molecule has 0 aromatic heterocycles. The van der Waals surface area contributed by atoms with E-state index in [1.54, 1.807) is 0 Å². The molecule has 6 heterocycles. The minimum atomic E-state index is -1.89. The quantitative estimate of drug-likeness (QED) is 0.0776.